The van der Waals surface area contributed by atoms with Crippen molar-refractivity contribution in [3.8, 4) is 0 Å². The molecule has 2 rings (SSSR count). The summed E-state index contributed by atoms with van der Waals surface area (Å²) in [6.45, 7) is 4.67. The van der Waals surface area contributed by atoms with Crippen molar-refractivity contribution in [3.05, 3.63) is 57.3 Å². The van der Waals surface area contributed by atoms with Gasteiger partial charge in [0.05, 0.1) is 12.6 Å². The normalized spacial score (nSPS) is 12.0. The highest BCUT2D eigenvalue weighted by Crippen LogP contribution is 2.16. The Balaban J connectivity index is 1.79. The van der Waals surface area contributed by atoms with Crippen LogP contribution in [0.1, 0.15) is 27.7 Å². The second-order valence-electron chi connectivity index (χ2n) is 4.96. The highest BCUT2D eigenvalue weighted by Gasteiger charge is 2.11. The first-order chi connectivity index (χ1) is 10.1. The van der Waals surface area contributed by atoms with Crippen molar-refractivity contribution in [2.75, 3.05) is 6.54 Å². The number of rotatable bonds is 5. The molecule has 0 spiro atoms. The predicted molar refractivity (Wildman–Crippen MR) is 85.4 cm³/mol. The van der Waals surface area contributed by atoms with Gasteiger partial charge in [-0.05, 0) is 42.0 Å². The first kappa shape index (κ1) is 15.5. The molecule has 2 amide bonds. The van der Waals surface area contributed by atoms with E-state index >= 15 is 0 Å². The fraction of sp³-hybridized carbons (Fsp3) is 0.312. The Bertz CT molecular complexity index is 610. The molecule has 1 aromatic carbocycles. The van der Waals surface area contributed by atoms with Gasteiger partial charge in [-0.25, -0.2) is 4.79 Å². The summed E-state index contributed by atoms with van der Waals surface area (Å²) in [5.74, 6) is 0. The number of hydrogen-bond acceptors (Lipinski definition) is 3. The molecule has 0 fully saturated rings. The SMILES string of the molecule is Cc1ccccc1[C@H](O)CNC(=O)NCc1sccc1C. The van der Waals surface area contributed by atoms with Crippen LogP contribution in [0, 0.1) is 13.8 Å². The van der Waals surface area contributed by atoms with Gasteiger partial charge >= 0.3 is 6.03 Å². The van der Waals surface area contributed by atoms with Crippen LogP contribution < -0.4 is 10.6 Å². The van der Waals surface area contributed by atoms with Crippen LogP contribution in [0.4, 0.5) is 4.79 Å². The number of amides is 2. The van der Waals surface area contributed by atoms with Crippen LogP contribution >= 0.6 is 11.3 Å². The second-order valence-corrected chi connectivity index (χ2v) is 5.96. The third-order valence-electron chi connectivity index (χ3n) is 3.38. The number of benzene rings is 1. The summed E-state index contributed by atoms with van der Waals surface area (Å²) in [6.07, 6.45) is -0.694. The lowest BCUT2D eigenvalue weighted by atomic mass is 10.0. The van der Waals surface area contributed by atoms with Gasteiger partial charge in [0.1, 0.15) is 0 Å². The standard InChI is InChI=1S/C16H20N2O2S/c1-11-5-3-4-6-13(11)14(19)9-17-16(20)18-10-15-12(2)7-8-21-15/h3-8,14,19H,9-10H2,1-2H3,(H2,17,18,20)/t14-/m1/s1. The van der Waals surface area contributed by atoms with Crippen LogP contribution in [-0.2, 0) is 6.54 Å². The average Bonchev–Trinajstić information content (AvgIpc) is 2.88. The number of nitrogens with one attached hydrogen (secondary N) is 2. The topological polar surface area (TPSA) is 61.4 Å². The molecule has 0 aliphatic rings. The van der Waals surface area contributed by atoms with E-state index in [9.17, 15) is 9.90 Å². The molecule has 0 saturated carbocycles. The van der Waals surface area contributed by atoms with Crippen LogP contribution in [0.25, 0.3) is 0 Å². The summed E-state index contributed by atoms with van der Waals surface area (Å²) < 4.78 is 0. The molecule has 112 valence electrons. The van der Waals surface area contributed by atoms with E-state index in [1.54, 1.807) is 11.3 Å². The molecule has 0 aliphatic heterocycles. The third kappa shape index (κ3) is 4.31. The summed E-state index contributed by atoms with van der Waals surface area (Å²) in [6, 6.07) is 9.38. The first-order valence-electron chi connectivity index (χ1n) is 6.86. The Morgan fingerprint density at radius 3 is 2.62 bits per heavy atom. The zero-order valence-corrected chi connectivity index (χ0v) is 13.0. The smallest absolute Gasteiger partial charge is 0.315 e. The molecule has 2 aromatic rings. The number of aryl methyl sites for hydroxylation is 2. The molecule has 0 saturated heterocycles. The highest BCUT2D eigenvalue weighted by atomic mass is 32.1. The zero-order valence-electron chi connectivity index (χ0n) is 12.2. The minimum atomic E-state index is -0.694. The lowest BCUT2D eigenvalue weighted by Gasteiger charge is -2.15. The van der Waals surface area contributed by atoms with Crippen molar-refractivity contribution in [1.82, 2.24) is 10.6 Å². The van der Waals surface area contributed by atoms with Gasteiger partial charge in [-0.3, -0.25) is 0 Å². The average molecular weight is 304 g/mol. The number of carbonyl (C=O) groups is 1. The Hall–Kier alpha value is -1.85. The van der Waals surface area contributed by atoms with E-state index in [-0.39, 0.29) is 12.6 Å². The molecule has 21 heavy (non-hydrogen) atoms. The fourth-order valence-corrected chi connectivity index (χ4v) is 2.91. The van der Waals surface area contributed by atoms with E-state index in [1.165, 1.54) is 5.56 Å². The molecule has 4 nitrogen and oxygen atoms in total. The molecule has 3 N–H and O–H groups in total. The Morgan fingerprint density at radius 2 is 1.95 bits per heavy atom. The van der Waals surface area contributed by atoms with Crippen molar-refractivity contribution in [2.24, 2.45) is 0 Å². The second kappa shape index (κ2) is 7.24. The first-order valence-corrected chi connectivity index (χ1v) is 7.74. The number of thiophene rings is 1. The molecule has 0 unspecified atom stereocenters. The highest BCUT2D eigenvalue weighted by molar-refractivity contribution is 7.10. The maximum Gasteiger partial charge on any atom is 0.315 e. The van der Waals surface area contributed by atoms with E-state index in [1.807, 2.05) is 49.6 Å². The van der Waals surface area contributed by atoms with Crippen molar-refractivity contribution in [3.63, 3.8) is 0 Å². The summed E-state index contributed by atoms with van der Waals surface area (Å²) in [5, 5.41) is 17.6. The minimum absolute atomic E-state index is 0.195. The fourth-order valence-electron chi connectivity index (χ4n) is 2.07. The summed E-state index contributed by atoms with van der Waals surface area (Å²) >= 11 is 1.62. The molecule has 1 aromatic heterocycles. The molecular weight excluding hydrogens is 284 g/mol. The molecule has 0 radical (unpaired) electrons. The van der Waals surface area contributed by atoms with E-state index in [4.69, 9.17) is 0 Å². The van der Waals surface area contributed by atoms with Crippen molar-refractivity contribution < 1.29 is 9.90 Å². The van der Waals surface area contributed by atoms with Crippen LogP contribution in [0.5, 0.6) is 0 Å². The predicted octanol–water partition coefficient (Wildman–Crippen LogP) is 2.90. The zero-order chi connectivity index (χ0) is 15.2. The van der Waals surface area contributed by atoms with Gasteiger partial charge in [0, 0.05) is 11.4 Å². The van der Waals surface area contributed by atoms with Gasteiger partial charge in [0.15, 0.2) is 0 Å². The van der Waals surface area contributed by atoms with Crippen LogP contribution in [-0.4, -0.2) is 17.7 Å². The van der Waals surface area contributed by atoms with Crippen LogP contribution in [0.3, 0.4) is 0 Å². The van der Waals surface area contributed by atoms with E-state index in [0.29, 0.717) is 6.54 Å². The Kier molecular flexibility index (Phi) is 5.36. The van der Waals surface area contributed by atoms with E-state index in [0.717, 1.165) is 16.0 Å². The van der Waals surface area contributed by atoms with E-state index < -0.39 is 6.10 Å². The number of aliphatic hydroxyl groups excluding tert-OH is 1. The largest absolute Gasteiger partial charge is 0.387 e. The maximum atomic E-state index is 11.7. The van der Waals surface area contributed by atoms with Crippen LogP contribution in [0.2, 0.25) is 0 Å². The number of urea groups is 1. The minimum Gasteiger partial charge on any atom is -0.387 e. The quantitative estimate of drug-likeness (QED) is 0.795. The van der Waals surface area contributed by atoms with Gasteiger partial charge in [-0.1, -0.05) is 24.3 Å². The van der Waals surface area contributed by atoms with Gasteiger partial charge in [0.25, 0.3) is 0 Å². The van der Waals surface area contributed by atoms with Crippen molar-refractivity contribution in [2.45, 2.75) is 26.5 Å². The third-order valence-corrected chi connectivity index (χ3v) is 4.40. The van der Waals surface area contributed by atoms with Gasteiger partial charge in [0.2, 0.25) is 0 Å². The molecule has 0 bridgehead atoms. The lowest BCUT2D eigenvalue weighted by Crippen LogP contribution is -2.37. The van der Waals surface area contributed by atoms with Crippen molar-refractivity contribution >= 4 is 17.4 Å². The van der Waals surface area contributed by atoms with E-state index in [2.05, 4.69) is 10.6 Å². The van der Waals surface area contributed by atoms with Crippen molar-refractivity contribution in [1.29, 1.82) is 0 Å². The molecule has 5 heteroatoms. The monoisotopic (exact) mass is 304 g/mol. The number of hydrogen-bond donors (Lipinski definition) is 3. The summed E-state index contributed by atoms with van der Waals surface area (Å²) in [7, 11) is 0. The maximum absolute atomic E-state index is 11.7. The molecule has 1 heterocycles. The Labute approximate surface area is 128 Å². The summed E-state index contributed by atoms with van der Waals surface area (Å²) in [5.41, 5.74) is 3.04. The molecular formula is C16H20N2O2S. The number of carbonyl (C=O) groups excluding carboxylic acids is 1. The lowest BCUT2D eigenvalue weighted by molar-refractivity contribution is 0.172. The van der Waals surface area contributed by atoms with Gasteiger partial charge < -0.3 is 15.7 Å². The Morgan fingerprint density at radius 1 is 1.19 bits per heavy atom. The van der Waals surface area contributed by atoms with Crippen LogP contribution in [0.15, 0.2) is 35.7 Å². The van der Waals surface area contributed by atoms with Gasteiger partial charge in [-0.2, -0.15) is 0 Å². The summed E-state index contributed by atoms with van der Waals surface area (Å²) in [4.78, 5) is 12.9. The molecule has 1 atom stereocenters. The number of aliphatic hydroxyl groups is 1. The molecule has 0 aliphatic carbocycles. The van der Waals surface area contributed by atoms with Gasteiger partial charge in [-0.15, -0.1) is 11.3 Å².